The van der Waals surface area contributed by atoms with Gasteiger partial charge in [0.2, 0.25) is 0 Å². The highest BCUT2D eigenvalue weighted by Gasteiger charge is 1.88. The summed E-state index contributed by atoms with van der Waals surface area (Å²) in [5, 5.41) is 0. The van der Waals surface area contributed by atoms with Crippen LogP contribution < -0.4 is 4.72 Å². The van der Waals surface area contributed by atoms with Gasteiger partial charge in [-0.3, -0.25) is 0 Å². The standard InChI is InChI=1S/C10H13NS/c1-3-4-9-5-7-10(8-6-9)11-12-2/h3-8,11H,1-2H3/b4-3+. The summed E-state index contributed by atoms with van der Waals surface area (Å²) in [6, 6.07) is 8.34. The van der Waals surface area contributed by atoms with E-state index in [0.717, 1.165) is 5.69 Å². The molecule has 0 bridgehead atoms. The van der Waals surface area contributed by atoms with Crippen molar-refractivity contribution in [3.05, 3.63) is 35.9 Å². The molecule has 1 aromatic carbocycles. The van der Waals surface area contributed by atoms with E-state index in [9.17, 15) is 0 Å². The molecular formula is C10H13NS. The number of benzene rings is 1. The van der Waals surface area contributed by atoms with Crippen molar-refractivity contribution in [2.24, 2.45) is 0 Å². The Morgan fingerprint density at radius 2 is 1.92 bits per heavy atom. The van der Waals surface area contributed by atoms with Crippen LogP contribution in [0.1, 0.15) is 12.5 Å². The molecule has 0 aliphatic rings. The van der Waals surface area contributed by atoms with E-state index in [-0.39, 0.29) is 0 Å². The van der Waals surface area contributed by atoms with Crippen LogP contribution in [0.5, 0.6) is 0 Å². The van der Waals surface area contributed by atoms with Gasteiger partial charge >= 0.3 is 0 Å². The molecule has 0 unspecified atom stereocenters. The summed E-state index contributed by atoms with van der Waals surface area (Å²) in [5.74, 6) is 0. The Morgan fingerprint density at radius 1 is 1.25 bits per heavy atom. The van der Waals surface area contributed by atoms with Gasteiger partial charge in [-0.05, 0) is 24.6 Å². The third-order valence-electron chi connectivity index (χ3n) is 1.49. The van der Waals surface area contributed by atoms with Crippen molar-refractivity contribution in [1.29, 1.82) is 0 Å². The van der Waals surface area contributed by atoms with Gasteiger partial charge in [-0.15, -0.1) is 0 Å². The summed E-state index contributed by atoms with van der Waals surface area (Å²) in [5.41, 5.74) is 2.39. The van der Waals surface area contributed by atoms with Gasteiger partial charge in [-0.1, -0.05) is 36.2 Å². The van der Waals surface area contributed by atoms with Crippen molar-refractivity contribution >= 4 is 23.7 Å². The number of rotatable bonds is 3. The third-order valence-corrected chi connectivity index (χ3v) is 1.93. The number of hydrogen-bond donors (Lipinski definition) is 1. The maximum absolute atomic E-state index is 3.17. The van der Waals surface area contributed by atoms with Gasteiger partial charge in [0, 0.05) is 11.9 Å². The third kappa shape index (κ3) is 2.62. The summed E-state index contributed by atoms with van der Waals surface area (Å²) in [7, 11) is 0. The van der Waals surface area contributed by atoms with Gasteiger partial charge < -0.3 is 4.72 Å². The van der Waals surface area contributed by atoms with Crippen LogP contribution in [-0.2, 0) is 0 Å². The van der Waals surface area contributed by atoms with Crippen LogP contribution >= 0.6 is 11.9 Å². The molecule has 0 fully saturated rings. The molecule has 1 N–H and O–H groups in total. The Balaban J connectivity index is 2.71. The molecule has 0 saturated carbocycles. The number of nitrogens with one attached hydrogen (secondary N) is 1. The Morgan fingerprint density at radius 3 is 2.42 bits per heavy atom. The quantitative estimate of drug-likeness (QED) is 0.714. The lowest BCUT2D eigenvalue weighted by molar-refractivity contribution is 1.63. The highest BCUT2D eigenvalue weighted by atomic mass is 32.2. The van der Waals surface area contributed by atoms with Crippen molar-refractivity contribution in [3.63, 3.8) is 0 Å². The van der Waals surface area contributed by atoms with Crippen LogP contribution in [0.2, 0.25) is 0 Å². The van der Waals surface area contributed by atoms with Gasteiger partial charge in [-0.25, -0.2) is 0 Å². The normalized spacial score (nSPS) is 10.5. The molecule has 0 aromatic heterocycles. The second kappa shape index (κ2) is 4.88. The molecule has 0 heterocycles. The molecule has 0 aliphatic heterocycles. The lowest BCUT2D eigenvalue weighted by Crippen LogP contribution is -1.83. The highest BCUT2D eigenvalue weighted by molar-refractivity contribution is 7.99. The molecule has 1 aromatic rings. The fraction of sp³-hybridized carbons (Fsp3) is 0.200. The molecular weight excluding hydrogens is 166 g/mol. The predicted molar refractivity (Wildman–Crippen MR) is 58.3 cm³/mol. The van der Waals surface area contributed by atoms with Crippen LogP contribution in [0, 0.1) is 0 Å². The molecule has 2 heteroatoms. The van der Waals surface area contributed by atoms with E-state index in [1.165, 1.54) is 5.56 Å². The maximum Gasteiger partial charge on any atom is 0.0440 e. The predicted octanol–water partition coefficient (Wildman–Crippen LogP) is 3.41. The molecule has 64 valence electrons. The lowest BCUT2D eigenvalue weighted by atomic mass is 10.2. The lowest BCUT2D eigenvalue weighted by Gasteiger charge is -2.01. The van der Waals surface area contributed by atoms with E-state index >= 15 is 0 Å². The zero-order valence-electron chi connectivity index (χ0n) is 7.37. The first-order valence-electron chi connectivity index (χ1n) is 3.88. The van der Waals surface area contributed by atoms with Gasteiger partial charge in [0.05, 0.1) is 0 Å². The summed E-state index contributed by atoms with van der Waals surface area (Å²) in [6.07, 6.45) is 6.14. The van der Waals surface area contributed by atoms with Crippen LogP contribution in [0.3, 0.4) is 0 Å². The summed E-state index contributed by atoms with van der Waals surface area (Å²) in [4.78, 5) is 0. The second-order valence-corrected chi connectivity index (χ2v) is 3.04. The second-order valence-electron chi connectivity index (χ2n) is 2.43. The van der Waals surface area contributed by atoms with Crippen molar-refractivity contribution < 1.29 is 0 Å². The average Bonchev–Trinajstić information content (AvgIpc) is 2.09. The van der Waals surface area contributed by atoms with E-state index in [1.807, 2.05) is 19.3 Å². The van der Waals surface area contributed by atoms with Crippen LogP contribution in [-0.4, -0.2) is 6.26 Å². The molecule has 12 heavy (non-hydrogen) atoms. The van der Waals surface area contributed by atoms with Gasteiger partial charge in [0.25, 0.3) is 0 Å². The summed E-state index contributed by atoms with van der Waals surface area (Å²) < 4.78 is 3.17. The molecule has 0 aliphatic carbocycles. The van der Waals surface area contributed by atoms with E-state index in [4.69, 9.17) is 0 Å². The highest BCUT2D eigenvalue weighted by Crippen LogP contribution is 2.13. The minimum Gasteiger partial charge on any atom is -0.330 e. The largest absolute Gasteiger partial charge is 0.330 e. The van der Waals surface area contributed by atoms with Crippen LogP contribution in [0.4, 0.5) is 5.69 Å². The van der Waals surface area contributed by atoms with E-state index < -0.39 is 0 Å². The first kappa shape index (κ1) is 9.20. The monoisotopic (exact) mass is 179 g/mol. The van der Waals surface area contributed by atoms with Crippen molar-refractivity contribution in [2.45, 2.75) is 6.92 Å². The van der Waals surface area contributed by atoms with E-state index in [2.05, 4.69) is 35.1 Å². The Kier molecular flexibility index (Phi) is 3.74. The molecule has 0 amide bonds. The summed E-state index contributed by atoms with van der Waals surface area (Å²) in [6.45, 7) is 2.02. The van der Waals surface area contributed by atoms with Gasteiger partial charge in [0.15, 0.2) is 0 Å². The molecule has 0 saturated heterocycles. The Hall–Kier alpha value is -0.890. The van der Waals surface area contributed by atoms with Gasteiger partial charge in [0.1, 0.15) is 0 Å². The molecule has 1 rings (SSSR count). The Bertz CT molecular complexity index is 251. The van der Waals surface area contributed by atoms with Crippen LogP contribution in [0.15, 0.2) is 30.3 Å². The van der Waals surface area contributed by atoms with Gasteiger partial charge in [-0.2, -0.15) is 0 Å². The van der Waals surface area contributed by atoms with Crippen molar-refractivity contribution in [2.75, 3.05) is 11.0 Å². The number of allylic oxidation sites excluding steroid dienone is 1. The Labute approximate surface area is 78.0 Å². The average molecular weight is 179 g/mol. The maximum atomic E-state index is 3.17. The van der Waals surface area contributed by atoms with E-state index in [0.29, 0.717) is 0 Å². The SMILES string of the molecule is C/C=C/c1ccc(NSC)cc1. The molecule has 0 atom stereocenters. The molecule has 1 nitrogen and oxygen atoms in total. The summed E-state index contributed by atoms with van der Waals surface area (Å²) >= 11 is 1.61. The number of hydrogen-bond acceptors (Lipinski definition) is 2. The smallest absolute Gasteiger partial charge is 0.0440 e. The molecule has 0 radical (unpaired) electrons. The van der Waals surface area contributed by atoms with E-state index in [1.54, 1.807) is 11.9 Å². The minimum atomic E-state index is 1.15. The topological polar surface area (TPSA) is 12.0 Å². The fourth-order valence-corrected chi connectivity index (χ4v) is 1.34. The number of anilines is 1. The first-order chi connectivity index (χ1) is 5.86. The fourth-order valence-electron chi connectivity index (χ4n) is 0.973. The zero-order chi connectivity index (χ0) is 8.81. The minimum absolute atomic E-state index is 1.15. The van der Waals surface area contributed by atoms with Crippen LogP contribution in [0.25, 0.3) is 6.08 Å². The molecule has 0 spiro atoms. The first-order valence-corrected chi connectivity index (χ1v) is 5.11. The zero-order valence-corrected chi connectivity index (χ0v) is 8.19. The van der Waals surface area contributed by atoms with Crippen molar-refractivity contribution in [1.82, 2.24) is 0 Å². The van der Waals surface area contributed by atoms with Crippen molar-refractivity contribution in [3.8, 4) is 0 Å².